The van der Waals surface area contributed by atoms with Crippen LogP contribution in [0.1, 0.15) is 24.5 Å². The second-order valence-electron chi connectivity index (χ2n) is 4.09. The highest BCUT2D eigenvalue weighted by Gasteiger charge is 2.03. The Hall–Kier alpha value is -1.13. The monoisotopic (exact) mass is 235 g/mol. The lowest BCUT2D eigenvalue weighted by Crippen LogP contribution is -2.23. The highest BCUT2D eigenvalue weighted by Crippen LogP contribution is 2.10. The van der Waals surface area contributed by atoms with Gasteiger partial charge < -0.3 is 9.88 Å². The average Bonchev–Trinajstić information content (AvgIpc) is 2.87. The molecule has 0 saturated heterocycles. The van der Waals surface area contributed by atoms with Crippen LogP contribution in [0.3, 0.4) is 0 Å². The summed E-state index contributed by atoms with van der Waals surface area (Å²) in [5.74, 6) is 0. The molecule has 0 aromatic carbocycles. The van der Waals surface area contributed by atoms with Gasteiger partial charge in [0.25, 0.3) is 0 Å². The number of thiazole rings is 1. The number of nitrogens with zero attached hydrogens (tertiary/aromatic N) is 2. The molecule has 2 aromatic heterocycles. The largest absolute Gasteiger partial charge is 0.343 e. The Morgan fingerprint density at radius 3 is 3.06 bits per heavy atom. The minimum absolute atomic E-state index is 0.517. The number of aromatic nitrogens is 2. The van der Waals surface area contributed by atoms with E-state index in [-0.39, 0.29) is 0 Å². The molecule has 0 aliphatic carbocycles. The molecule has 0 unspecified atom stereocenters. The van der Waals surface area contributed by atoms with Gasteiger partial charge in [-0.3, -0.25) is 0 Å². The Morgan fingerprint density at radius 1 is 1.50 bits per heavy atom. The number of rotatable bonds is 5. The quantitative estimate of drug-likeness (QED) is 0.863. The molecular formula is C12H17N3S. The van der Waals surface area contributed by atoms with Crippen LogP contribution in [0.5, 0.6) is 0 Å². The van der Waals surface area contributed by atoms with Crippen LogP contribution >= 0.6 is 11.3 Å². The molecule has 0 amide bonds. The molecule has 86 valence electrons. The Kier molecular flexibility index (Phi) is 3.74. The second kappa shape index (κ2) is 5.27. The number of nitrogens with one attached hydrogen (secondary N) is 1. The molecule has 2 rings (SSSR count). The van der Waals surface area contributed by atoms with Gasteiger partial charge in [-0.25, -0.2) is 4.98 Å². The highest BCUT2D eigenvalue weighted by molar-refractivity contribution is 7.09. The van der Waals surface area contributed by atoms with Crippen molar-refractivity contribution in [2.75, 3.05) is 0 Å². The fourth-order valence-electron chi connectivity index (χ4n) is 1.55. The summed E-state index contributed by atoms with van der Waals surface area (Å²) >= 11 is 1.70. The van der Waals surface area contributed by atoms with Gasteiger partial charge in [0.15, 0.2) is 0 Å². The standard InChI is InChI=1S/C12H17N3S/c1-10(2)14-8-11-4-3-6-15(11)9-12-13-5-7-16-12/h3-7,10,14H,8-9H2,1-2H3. The Bertz CT molecular complexity index is 417. The van der Waals surface area contributed by atoms with E-state index in [1.54, 1.807) is 11.3 Å². The van der Waals surface area contributed by atoms with Crippen molar-refractivity contribution in [3.63, 3.8) is 0 Å². The molecule has 0 saturated carbocycles. The van der Waals surface area contributed by atoms with E-state index in [0.717, 1.165) is 18.1 Å². The zero-order valence-corrected chi connectivity index (χ0v) is 10.5. The molecule has 1 N–H and O–H groups in total. The smallest absolute Gasteiger partial charge is 0.112 e. The van der Waals surface area contributed by atoms with Gasteiger partial charge in [0, 0.05) is 36.1 Å². The molecule has 0 aliphatic rings. The third-order valence-corrected chi connectivity index (χ3v) is 3.17. The van der Waals surface area contributed by atoms with Gasteiger partial charge in [-0.1, -0.05) is 13.8 Å². The van der Waals surface area contributed by atoms with Gasteiger partial charge in [-0.05, 0) is 12.1 Å². The van der Waals surface area contributed by atoms with Crippen LogP contribution < -0.4 is 5.32 Å². The van der Waals surface area contributed by atoms with Crippen molar-refractivity contribution in [2.45, 2.75) is 33.0 Å². The molecule has 3 nitrogen and oxygen atoms in total. The van der Waals surface area contributed by atoms with Crippen LogP contribution in [0.25, 0.3) is 0 Å². The summed E-state index contributed by atoms with van der Waals surface area (Å²) in [6.45, 7) is 6.11. The van der Waals surface area contributed by atoms with E-state index in [4.69, 9.17) is 0 Å². The van der Waals surface area contributed by atoms with E-state index in [1.165, 1.54) is 5.69 Å². The minimum Gasteiger partial charge on any atom is -0.343 e. The average molecular weight is 235 g/mol. The Labute approximate surface area is 100 Å². The summed E-state index contributed by atoms with van der Waals surface area (Å²) < 4.78 is 2.24. The first-order valence-corrected chi connectivity index (χ1v) is 6.39. The normalized spacial score (nSPS) is 11.2. The molecule has 0 bridgehead atoms. The summed E-state index contributed by atoms with van der Waals surface area (Å²) in [4.78, 5) is 4.30. The first-order valence-electron chi connectivity index (χ1n) is 5.51. The first-order chi connectivity index (χ1) is 7.75. The van der Waals surface area contributed by atoms with Gasteiger partial charge in [-0.15, -0.1) is 11.3 Å². The summed E-state index contributed by atoms with van der Waals surface area (Å²) in [6, 6.07) is 4.76. The lowest BCUT2D eigenvalue weighted by atomic mass is 10.3. The molecular weight excluding hydrogens is 218 g/mol. The lowest BCUT2D eigenvalue weighted by molar-refractivity contribution is 0.564. The SMILES string of the molecule is CC(C)NCc1cccn1Cc1nccs1. The molecule has 4 heteroatoms. The molecule has 0 aliphatic heterocycles. The van der Waals surface area contributed by atoms with Crippen molar-refractivity contribution in [1.82, 2.24) is 14.9 Å². The van der Waals surface area contributed by atoms with Gasteiger partial charge in [0.05, 0.1) is 6.54 Å². The Balaban J connectivity index is 2.01. The maximum absolute atomic E-state index is 4.30. The van der Waals surface area contributed by atoms with Crippen molar-refractivity contribution >= 4 is 11.3 Å². The first kappa shape index (κ1) is 11.4. The summed E-state index contributed by atoms with van der Waals surface area (Å²) in [6.07, 6.45) is 3.97. The fraction of sp³-hybridized carbons (Fsp3) is 0.417. The zero-order chi connectivity index (χ0) is 11.4. The van der Waals surface area contributed by atoms with Crippen LogP contribution in [0, 0.1) is 0 Å². The van der Waals surface area contributed by atoms with Crippen molar-refractivity contribution in [1.29, 1.82) is 0 Å². The van der Waals surface area contributed by atoms with E-state index in [0.29, 0.717) is 6.04 Å². The van der Waals surface area contributed by atoms with Gasteiger partial charge in [0.1, 0.15) is 5.01 Å². The predicted octanol–water partition coefficient (Wildman–Crippen LogP) is 2.49. The molecule has 0 radical (unpaired) electrons. The third kappa shape index (κ3) is 2.93. The highest BCUT2D eigenvalue weighted by atomic mass is 32.1. The zero-order valence-electron chi connectivity index (χ0n) is 9.68. The van der Waals surface area contributed by atoms with E-state index in [1.807, 2.05) is 11.6 Å². The van der Waals surface area contributed by atoms with Crippen LogP contribution in [0.2, 0.25) is 0 Å². The molecule has 2 heterocycles. The van der Waals surface area contributed by atoms with E-state index in [2.05, 4.69) is 47.0 Å². The van der Waals surface area contributed by atoms with Crippen LogP contribution in [0.4, 0.5) is 0 Å². The molecule has 2 aromatic rings. The van der Waals surface area contributed by atoms with Crippen molar-refractivity contribution in [3.8, 4) is 0 Å². The maximum atomic E-state index is 4.30. The van der Waals surface area contributed by atoms with Crippen molar-refractivity contribution in [3.05, 3.63) is 40.6 Å². The number of hydrogen-bond acceptors (Lipinski definition) is 3. The summed E-state index contributed by atoms with van der Waals surface area (Å²) in [7, 11) is 0. The van der Waals surface area contributed by atoms with Gasteiger partial charge in [0.2, 0.25) is 0 Å². The molecule has 0 spiro atoms. The Morgan fingerprint density at radius 2 is 2.38 bits per heavy atom. The lowest BCUT2D eigenvalue weighted by Gasteiger charge is -2.11. The van der Waals surface area contributed by atoms with Crippen molar-refractivity contribution in [2.24, 2.45) is 0 Å². The summed E-state index contributed by atoms with van der Waals surface area (Å²) in [5, 5.41) is 6.60. The van der Waals surface area contributed by atoms with E-state index >= 15 is 0 Å². The molecule has 0 fully saturated rings. The number of hydrogen-bond donors (Lipinski definition) is 1. The fourth-order valence-corrected chi connectivity index (χ4v) is 2.16. The van der Waals surface area contributed by atoms with Gasteiger partial charge in [-0.2, -0.15) is 0 Å². The minimum atomic E-state index is 0.517. The second-order valence-corrected chi connectivity index (χ2v) is 5.07. The molecule has 16 heavy (non-hydrogen) atoms. The van der Waals surface area contributed by atoms with Crippen LogP contribution in [0.15, 0.2) is 29.9 Å². The van der Waals surface area contributed by atoms with Crippen LogP contribution in [-0.2, 0) is 13.1 Å². The van der Waals surface area contributed by atoms with E-state index < -0.39 is 0 Å². The topological polar surface area (TPSA) is 29.9 Å². The maximum Gasteiger partial charge on any atom is 0.112 e. The van der Waals surface area contributed by atoms with Crippen molar-refractivity contribution < 1.29 is 0 Å². The van der Waals surface area contributed by atoms with Crippen LogP contribution in [-0.4, -0.2) is 15.6 Å². The predicted molar refractivity (Wildman–Crippen MR) is 67.6 cm³/mol. The third-order valence-electron chi connectivity index (χ3n) is 2.40. The van der Waals surface area contributed by atoms with E-state index in [9.17, 15) is 0 Å². The molecule has 0 atom stereocenters. The summed E-state index contributed by atoms with van der Waals surface area (Å²) in [5.41, 5.74) is 1.31. The van der Waals surface area contributed by atoms with Gasteiger partial charge >= 0.3 is 0 Å².